The molecule has 1 unspecified atom stereocenters. The van der Waals surface area contributed by atoms with Crippen molar-refractivity contribution in [2.24, 2.45) is 0 Å². The lowest BCUT2D eigenvalue weighted by Crippen LogP contribution is -2.53. The van der Waals surface area contributed by atoms with Crippen LogP contribution in [0.2, 0.25) is 5.02 Å². The Labute approximate surface area is 204 Å². The highest BCUT2D eigenvalue weighted by atomic mass is 35.5. The van der Waals surface area contributed by atoms with Gasteiger partial charge in [-0.3, -0.25) is 24.7 Å². The molecule has 0 bridgehead atoms. The van der Waals surface area contributed by atoms with Gasteiger partial charge >= 0.3 is 0 Å². The number of nitro groups is 1. The van der Waals surface area contributed by atoms with Crippen LogP contribution in [-0.4, -0.2) is 52.9 Å². The predicted molar refractivity (Wildman–Crippen MR) is 134 cm³/mol. The first-order valence-corrected chi connectivity index (χ1v) is 11.6. The average molecular weight is 479 g/mol. The third-order valence-corrected chi connectivity index (χ3v) is 6.61. The molecule has 0 saturated carbocycles. The molecule has 1 aliphatic heterocycles. The molecule has 34 heavy (non-hydrogen) atoms. The molecular formula is C26H27ClN4O3. The van der Waals surface area contributed by atoms with Crippen molar-refractivity contribution in [3.8, 4) is 0 Å². The molecule has 7 nitrogen and oxygen atoms in total. The van der Waals surface area contributed by atoms with Crippen LogP contribution in [0.3, 0.4) is 0 Å². The van der Waals surface area contributed by atoms with Gasteiger partial charge in [0.15, 0.2) is 0 Å². The Morgan fingerprint density at radius 2 is 1.44 bits per heavy atom. The van der Waals surface area contributed by atoms with Crippen molar-refractivity contribution < 1.29 is 9.72 Å². The zero-order valence-electron chi connectivity index (χ0n) is 18.9. The first-order valence-electron chi connectivity index (χ1n) is 11.3. The molecule has 1 saturated heterocycles. The number of nitro benzene ring substituents is 1. The number of amides is 1. The number of hydrogen-bond acceptors (Lipinski definition) is 5. The van der Waals surface area contributed by atoms with E-state index in [0.717, 1.165) is 26.2 Å². The average Bonchev–Trinajstić information content (AvgIpc) is 2.86. The molecule has 0 radical (unpaired) electrons. The van der Waals surface area contributed by atoms with E-state index in [4.69, 9.17) is 11.6 Å². The summed E-state index contributed by atoms with van der Waals surface area (Å²) in [6.45, 7) is 5.02. The summed E-state index contributed by atoms with van der Waals surface area (Å²) in [5, 5.41) is 13.9. The normalized spacial score (nSPS) is 15.7. The van der Waals surface area contributed by atoms with E-state index >= 15 is 0 Å². The van der Waals surface area contributed by atoms with Gasteiger partial charge in [0.2, 0.25) is 5.91 Å². The number of benzene rings is 3. The number of non-ortho nitro benzene ring substituents is 1. The Morgan fingerprint density at radius 1 is 0.912 bits per heavy atom. The van der Waals surface area contributed by atoms with Crippen LogP contribution in [0.25, 0.3) is 0 Å². The lowest BCUT2D eigenvalue weighted by atomic mass is 9.96. The highest BCUT2D eigenvalue weighted by Crippen LogP contribution is 2.30. The maximum Gasteiger partial charge on any atom is 0.271 e. The highest BCUT2D eigenvalue weighted by molar-refractivity contribution is 6.34. The Kier molecular flexibility index (Phi) is 7.57. The first-order chi connectivity index (χ1) is 16.4. The molecule has 1 fully saturated rings. The summed E-state index contributed by atoms with van der Waals surface area (Å²) in [4.78, 5) is 27.9. The summed E-state index contributed by atoms with van der Waals surface area (Å²) in [6, 6.07) is 24.8. The minimum absolute atomic E-state index is 0.112. The number of nitrogens with one attached hydrogen (secondary N) is 1. The number of nitrogens with zero attached hydrogens (tertiary/aromatic N) is 3. The highest BCUT2D eigenvalue weighted by Gasteiger charge is 2.30. The van der Waals surface area contributed by atoms with Gasteiger partial charge in [-0.1, -0.05) is 72.3 Å². The van der Waals surface area contributed by atoms with Crippen LogP contribution in [0.15, 0.2) is 78.9 Å². The predicted octanol–water partition coefficient (Wildman–Crippen LogP) is 4.98. The number of halogens is 1. The van der Waals surface area contributed by atoms with E-state index in [1.807, 2.05) is 19.1 Å². The van der Waals surface area contributed by atoms with Gasteiger partial charge in [-0.15, -0.1) is 0 Å². The van der Waals surface area contributed by atoms with Crippen LogP contribution in [0, 0.1) is 10.1 Å². The first kappa shape index (κ1) is 23.9. The number of carbonyl (C=O) groups is 1. The fourth-order valence-electron chi connectivity index (χ4n) is 4.39. The Hall–Kier alpha value is -3.26. The van der Waals surface area contributed by atoms with Gasteiger partial charge in [0.1, 0.15) is 0 Å². The fourth-order valence-corrected chi connectivity index (χ4v) is 4.61. The van der Waals surface area contributed by atoms with Gasteiger partial charge in [0.05, 0.1) is 27.7 Å². The van der Waals surface area contributed by atoms with Crippen molar-refractivity contribution in [1.82, 2.24) is 9.80 Å². The van der Waals surface area contributed by atoms with Gasteiger partial charge in [-0.25, -0.2) is 0 Å². The summed E-state index contributed by atoms with van der Waals surface area (Å²) in [7, 11) is 0. The van der Waals surface area contributed by atoms with Gasteiger partial charge in [0, 0.05) is 38.3 Å². The molecule has 0 aromatic heterocycles. The van der Waals surface area contributed by atoms with Gasteiger partial charge in [-0.05, 0) is 24.1 Å². The van der Waals surface area contributed by atoms with E-state index in [9.17, 15) is 14.9 Å². The number of carbonyl (C=O) groups excluding carboxylic acids is 1. The summed E-state index contributed by atoms with van der Waals surface area (Å²) < 4.78 is 0. The molecule has 0 spiro atoms. The molecular weight excluding hydrogens is 452 g/mol. The summed E-state index contributed by atoms with van der Waals surface area (Å²) in [6.07, 6.45) is 0. The molecule has 1 atom stereocenters. The summed E-state index contributed by atoms with van der Waals surface area (Å²) in [5.41, 5.74) is 2.76. The van der Waals surface area contributed by atoms with Crippen molar-refractivity contribution in [2.75, 3.05) is 31.5 Å². The zero-order chi connectivity index (χ0) is 24.1. The second kappa shape index (κ2) is 10.8. The topological polar surface area (TPSA) is 78.7 Å². The second-order valence-corrected chi connectivity index (χ2v) is 8.79. The van der Waals surface area contributed by atoms with Gasteiger partial charge in [-0.2, -0.15) is 0 Å². The third kappa shape index (κ3) is 5.44. The standard InChI is InChI=1S/C26H27ClN4O3/c1-19(26(32)28-24-13-12-22(31(33)34)18-23(24)27)29-14-16-30(17-15-29)25(20-8-4-2-5-9-20)21-10-6-3-7-11-21/h2-13,18-19,25H,14-17H2,1H3,(H,28,32). The fraction of sp³-hybridized carbons (Fsp3) is 0.269. The minimum atomic E-state index is -0.516. The van der Waals surface area contributed by atoms with Crippen molar-refractivity contribution in [3.63, 3.8) is 0 Å². The van der Waals surface area contributed by atoms with E-state index in [0.29, 0.717) is 5.69 Å². The number of anilines is 1. The van der Waals surface area contributed by atoms with Gasteiger partial charge in [0.25, 0.3) is 5.69 Å². The SMILES string of the molecule is CC(C(=O)Nc1ccc([N+](=O)[O-])cc1Cl)N1CCN(C(c2ccccc2)c2ccccc2)CC1. The minimum Gasteiger partial charge on any atom is -0.323 e. The van der Waals surface area contributed by atoms with Crippen molar-refractivity contribution in [1.29, 1.82) is 0 Å². The molecule has 3 aromatic carbocycles. The van der Waals surface area contributed by atoms with E-state index in [1.54, 1.807) is 0 Å². The number of hydrogen-bond donors (Lipinski definition) is 1. The van der Waals surface area contributed by atoms with Crippen LogP contribution in [0.4, 0.5) is 11.4 Å². The molecule has 1 N–H and O–H groups in total. The lowest BCUT2D eigenvalue weighted by Gasteiger charge is -2.41. The largest absolute Gasteiger partial charge is 0.323 e. The summed E-state index contributed by atoms with van der Waals surface area (Å²) >= 11 is 6.14. The molecule has 1 heterocycles. The monoisotopic (exact) mass is 478 g/mol. The van der Waals surface area contributed by atoms with Crippen LogP contribution in [0.5, 0.6) is 0 Å². The lowest BCUT2D eigenvalue weighted by molar-refractivity contribution is -0.384. The zero-order valence-corrected chi connectivity index (χ0v) is 19.7. The second-order valence-electron chi connectivity index (χ2n) is 8.38. The van der Waals surface area contributed by atoms with Crippen LogP contribution in [-0.2, 0) is 4.79 Å². The van der Waals surface area contributed by atoms with Crippen molar-refractivity contribution in [3.05, 3.63) is 105 Å². The molecule has 1 aliphatic rings. The van der Waals surface area contributed by atoms with Crippen LogP contribution >= 0.6 is 11.6 Å². The van der Waals surface area contributed by atoms with Gasteiger partial charge < -0.3 is 5.32 Å². The quantitative estimate of drug-likeness (QED) is 0.382. The number of piperazine rings is 1. The number of rotatable bonds is 7. The summed E-state index contributed by atoms with van der Waals surface area (Å²) in [5.74, 6) is -0.188. The Bertz CT molecular complexity index is 1100. The van der Waals surface area contributed by atoms with Crippen molar-refractivity contribution in [2.45, 2.75) is 19.0 Å². The van der Waals surface area contributed by atoms with E-state index in [-0.39, 0.29) is 28.7 Å². The maximum absolute atomic E-state index is 12.9. The third-order valence-electron chi connectivity index (χ3n) is 6.29. The smallest absolute Gasteiger partial charge is 0.271 e. The van der Waals surface area contributed by atoms with E-state index in [1.165, 1.54) is 29.3 Å². The molecule has 3 aromatic rings. The van der Waals surface area contributed by atoms with Crippen LogP contribution in [0.1, 0.15) is 24.1 Å². The Morgan fingerprint density at radius 3 is 1.94 bits per heavy atom. The molecule has 0 aliphatic carbocycles. The molecule has 176 valence electrons. The van der Waals surface area contributed by atoms with E-state index < -0.39 is 4.92 Å². The molecule has 4 rings (SSSR count). The molecule has 1 amide bonds. The van der Waals surface area contributed by atoms with Crippen LogP contribution < -0.4 is 5.32 Å². The molecule has 8 heteroatoms. The van der Waals surface area contributed by atoms with Crippen molar-refractivity contribution >= 4 is 28.9 Å². The maximum atomic E-state index is 12.9. The van der Waals surface area contributed by atoms with E-state index in [2.05, 4.69) is 63.6 Å². The Balaban J connectivity index is 1.41.